The molecule has 1 fully saturated rings. The molecule has 10 nitrogen and oxygen atoms in total. The van der Waals surface area contributed by atoms with Gasteiger partial charge in [0.2, 0.25) is 0 Å². The molecule has 1 aliphatic heterocycles. The van der Waals surface area contributed by atoms with Crippen LogP contribution in [0.2, 0.25) is 0 Å². The van der Waals surface area contributed by atoms with Gasteiger partial charge in [-0.15, -0.1) is 0 Å². The molecule has 0 aromatic rings. The second kappa shape index (κ2) is 13.3. The Bertz CT molecular complexity index is 489. The van der Waals surface area contributed by atoms with Crippen LogP contribution in [-0.4, -0.2) is 102 Å². The molecule has 0 atom stereocenters. The Kier molecular flexibility index (Phi) is 11.8. The first-order chi connectivity index (χ1) is 12.4. The summed E-state index contributed by atoms with van der Waals surface area (Å²) in [5.41, 5.74) is 11.9. The van der Waals surface area contributed by atoms with Crippen LogP contribution in [0.1, 0.15) is 0 Å². The zero-order chi connectivity index (χ0) is 19.3. The van der Waals surface area contributed by atoms with Crippen LogP contribution >= 0.6 is 0 Å². The summed E-state index contributed by atoms with van der Waals surface area (Å²) in [7, 11) is -2.88. The molecule has 1 saturated heterocycles. The number of rotatable bonds is 14. The molecule has 1 heterocycles. The molecule has 26 heavy (non-hydrogen) atoms. The molecule has 0 aromatic carbocycles. The van der Waals surface area contributed by atoms with E-state index in [1.165, 1.54) is 5.01 Å². The molecule has 0 spiro atoms. The summed E-state index contributed by atoms with van der Waals surface area (Å²) < 4.78 is 38.7. The normalized spacial score (nSPS) is 18.2. The lowest BCUT2D eigenvalue weighted by atomic mass is 10.4. The maximum absolute atomic E-state index is 11.4. The predicted octanol–water partition coefficient (Wildman–Crippen LogP) is -2.30. The third kappa shape index (κ3) is 11.6. The Morgan fingerprint density at radius 2 is 1.54 bits per heavy atom. The molecule has 0 bridgehead atoms. The van der Waals surface area contributed by atoms with Crippen LogP contribution < -0.4 is 17.3 Å². The fourth-order valence-electron chi connectivity index (χ4n) is 2.28. The van der Waals surface area contributed by atoms with Crippen molar-refractivity contribution in [1.29, 1.82) is 0 Å². The molecule has 11 heteroatoms. The first-order valence-electron chi connectivity index (χ1n) is 8.76. The van der Waals surface area contributed by atoms with Gasteiger partial charge in [0.15, 0.2) is 9.84 Å². The fraction of sp³-hybridized carbons (Fsp3) is 0.867. The Morgan fingerprint density at radius 1 is 1.00 bits per heavy atom. The van der Waals surface area contributed by atoms with Gasteiger partial charge in [-0.3, -0.25) is 4.90 Å². The number of hydrogen-bond acceptors (Lipinski definition) is 10. The van der Waals surface area contributed by atoms with Gasteiger partial charge < -0.3 is 30.7 Å². The number of sulfone groups is 1. The lowest BCUT2D eigenvalue weighted by Crippen LogP contribution is -2.42. The molecule has 0 radical (unpaired) electrons. The number of nitrogens with zero attached hydrogens (tertiary/aromatic N) is 2. The van der Waals surface area contributed by atoms with E-state index < -0.39 is 9.84 Å². The average molecular weight is 396 g/mol. The maximum Gasteiger partial charge on any atom is 0.152 e. The van der Waals surface area contributed by atoms with Gasteiger partial charge in [-0.2, -0.15) is 0 Å². The fourth-order valence-corrected chi connectivity index (χ4v) is 3.56. The molecular formula is C15H33N5O5S. The molecule has 0 saturated carbocycles. The van der Waals surface area contributed by atoms with E-state index in [2.05, 4.69) is 0 Å². The van der Waals surface area contributed by atoms with E-state index in [-0.39, 0.29) is 11.5 Å². The van der Waals surface area contributed by atoms with Gasteiger partial charge in [-0.05, 0) is 0 Å². The maximum atomic E-state index is 11.4. The molecule has 0 aromatic heterocycles. The Labute approximate surface area is 156 Å². The Hall–Kier alpha value is -0.950. The summed E-state index contributed by atoms with van der Waals surface area (Å²) in [6, 6.07) is 0. The first kappa shape index (κ1) is 23.1. The zero-order valence-electron chi connectivity index (χ0n) is 15.3. The minimum absolute atomic E-state index is 0.182. The van der Waals surface area contributed by atoms with Crippen LogP contribution in [0.15, 0.2) is 11.9 Å². The third-order valence-electron chi connectivity index (χ3n) is 3.67. The highest BCUT2D eigenvalue weighted by Gasteiger charge is 2.21. The van der Waals surface area contributed by atoms with Crippen molar-refractivity contribution >= 4 is 9.84 Å². The lowest BCUT2D eigenvalue weighted by Gasteiger charge is -2.27. The summed E-state index contributed by atoms with van der Waals surface area (Å²) in [5.74, 6) is 6.22. The van der Waals surface area contributed by atoms with Crippen LogP contribution in [0.3, 0.4) is 0 Å². The largest absolute Gasteiger partial charge is 0.400 e. The van der Waals surface area contributed by atoms with Crippen LogP contribution in [0.5, 0.6) is 0 Å². The summed E-state index contributed by atoms with van der Waals surface area (Å²) >= 11 is 0. The molecule has 1 aliphatic rings. The topological polar surface area (TPSA) is 146 Å². The smallest absolute Gasteiger partial charge is 0.152 e. The second-order valence-corrected chi connectivity index (χ2v) is 8.30. The molecule has 6 N–H and O–H groups in total. The first-order valence-corrected chi connectivity index (χ1v) is 10.6. The van der Waals surface area contributed by atoms with Crippen molar-refractivity contribution in [1.82, 2.24) is 9.91 Å². The number of ether oxygens (including phenoxy) is 3. The van der Waals surface area contributed by atoms with Crippen molar-refractivity contribution in [3.63, 3.8) is 0 Å². The van der Waals surface area contributed by atoms with Gasteiger partial charge in [-0.1, -0.05) is 0 Å². The summed E-state index contributed by atoms with van der Waals surface area (Å²) in [5, 5.41) is 1.47. The highest BCUT2D eigenvalue weighted by atomic mass is 32.2. The van der Waals surface area contributed by atoms with E-state index in [9.17, 15) is 8.42 Å². The van der Waals surface area contributed by atoms with Crippen LogP contribution in [0.4, 0.5) is 0 Å². The predicted molar refractivity (Wildman–Crippen MR) is 99.8 cm³/mol. The van der Waals surface area contributed by atoms with Gasteiger partial charge in [0.05, 0.1) is 57.7 Å². The minimum atomic E-state index is -2.88. The van der Waals surface area contributed by atoms with Gasteiger partial charge in [-0.25, -0.2) is 14.3 Å². The Morgan fingerprint density at radius 3 is 2.12 bits per heavy atom. The quantitative estimate of drug-likeness (QED) is 0.167. The Balaban J connectivity index is 2.03. The number of nitrogens with two attached hydrogens (primary N) is 3. The van der Waals surface area contributed by atoms with E-state index in [4.69, 9.17) is 31.5 Å². The van der Waals surface area contributed by atoms with E-state index in [1.807, 2.05) is 4.90 Å². The minimum Gasteiger partial charge on any atom is -0.400 e. The highest BCUT2D eigenvalue weighted by Crippen LogP contribution is 2.05. The van der Waals surface area contributed by atoms with Gasteiger partial charge in [0.1, 0.15) is 0 Å². The van der Waals surface area contributed by atoms with Gasteiger partial charge >= 0.3 is 0 Å². The molecule has 0 aliphatic carbocycles. The molecule has 1 rings (SSSR count). The summed E-state index contributed by atoms with van der Waals surface area (Å²) in [4.78, 5) is 2.01. The van der Waals surface area contributed by atoms with E-state index in [0.717, 1.165) is 0 Å². The summed E-state index contributed by atoms with van der Waals surface area (Å²) in [6.45, 7) is 5.53. The zero-order valence-corrected chi connectivity index (χ0v) is 16.2. The SMILES string of the molecule is NCCOCCOCCOCCN(N)/C=C(\N)CN1CCS(=O)(=O)CC1. The van der Waals surface area contributed by atoms with Crippen LogP contribution in [0, 0.1) is 0 Å². The van der Waals surface area contributed by atoms with Gasteiger partial charge in [0.25, 0.3) is 0 Å². The number of hydrazine groups is 1. The molecule has 0 amide bonds. The van der Waals surface area contributed by atoms with Gasteiger partial charge in [0, 0.05) is 38.1 Å². The average Bonchev–Trinajstić information content (AvgIpc) is 2.58. The van der Waals surface area contributed by atoms with Crippen molar-refractivity contribution in [2.75, 3.05) is 83.9 Å². The van der Waals surface area contributed by atoms with Crippen molar-refractivity contribution in [3.8, 4) is 0 Å². The van der Waals surface area contributed by atoms with Crippen molar-refractivity contribution in [3.05, 3.63) is 11.9 Å². The van der Waals surface area contributed by atoms with Crippen molar-refractivity contribution in [2.45, 2.75) is 0 Å². The van der Waals surface area contributed by atoms with E-state index in [1.54, 1.807) is 6.20 Å². The van der Waals surface area contributed by atoms with Crippen LogP contribution in [-0.2, 0) is 24.0 Å². The number of hydrogen-bond donors (Lipinski definition) is 3. The molecule has 0 unspecified atom stereocenters. The summed E-state index contributed by atoms with van der Waals surface area (Å²) in [6.07, 6.45) is 1.65. The van der Waals surface area contributed by atoms with Crippen molar-refractivity contribution in [2.24, 2.45) is 17.3 Å². The van der Waals surface area contributed by atoms with Crippen molar-refractivity contribution < 1.29 is 22.6 Å². The molecular weight excluding hydrogens is 362 g/mol. The van der Waals surface area contributed by atoms with Crippen LogP contribution in [0.25, 0.3) is 0 Å². The standard InChI is InChI=1S/C15H33N5O5S/c16-1-5-23-7-9-25-10-8-24-6-2-20(18)14-15(17)13-19-3-11-26(21,22)12-4-19/h14H,1-13,16-18H2/b15-14-. The molecule has 154 valence electrons. The van der Waals surface area contributed by atoms with E-state index in [0.29, 0.717) is 78.1 Å². The monoisotopic (exact) mass is 395 g/mol. The second-order valence-electron chi connectivity index (χ2n) is 6.00. The lowest BCUT2D eigenvalue weighted by molar-refractivity contribution is 0.0135. The highest BCUT2D eigenvalue weighted by molar-refractivity contribution is 7.91. The third-order valence-corrected chi connectivity index (χ3v) is 5.28. The van der Waals surface area contributed by atoms with E-state index >= 15 is 0 Å².